The first kappa shape index (κ1) is 25.1. The van der Waals surface area contributed by atoms with Gasteiger partial charge in [-0.15, -0.1) is 0 Å². The van der Waals surface area contributed by atoms with E-state index in [0.29, 0.717) is 24.6 Å². The molecule has 2 aromatic carbocycles. The Bertz CT molecular complexity index is 997. The molecule has 2 unspecified atom stereocenters. The third kappa shape index (κ3) is 6.72. The molecule has 10 heteroatoms. The van der Waals surface area contributed by atoms with Crippen LogP contribution in [0.15, 0.2) is 42.5 Å². The maximum absolute atomic E-state index is 12.6. The second kappa shape index (κ2) is 10.6. The Morgan fingerprint density at radius 1 is 1.15 bits per heavy atom. The normalized spacial score (nSPS) is 19.2. The van der Waals surface area contributed by atoms with Gasteiger partial charge in [-0.2, -0.15) is 13.2 Å². The van der Waals surface area contributed by atoms with Gasteiger partial charge in [0.25, 0.3) is 0 Å². The second-order valence-corrected chi connectivity index (χ2v) is 9.49. The summed E-state index contributed by atoms with van der Waals surface area (Å²) in [7, 11) is 0. The van der Waals surface area contributed by atoms with Gasteiger partial charge < -0.3 is 14.0 Å². The quantitative estimate of drug-likeness (QED) is 0.348. The number of carbonyl (C=O) groups is 2. The Balaban J connectivity index is 1.58. The lowest BCUT2D eigenvalue weighted by molar-refractivity contribution is -0.201. The lowest BCUT2D eigenvalue weighted by Gasteiger charge is -2.34. The molecule has 0 spiro atoms. The zero-order valence-electron chi connectivity index (χ0n) is 18.2. The average molecular weight is 484 g/mol. The third-order valence-electron chi connectivity index (χ3n) is 5.45. The molecular formula is C23H24F3NO5S. The summed E-state index contributed by atoms with van der Waals surface area (Å²) in [6, 6.07) is 13.1. The number of halogens is 3. The van der Waals surface area contributed by atoms with E-state index in [1.54, 1.807) is 12.1 Å². The minimum absolute atomic E-state index is 0.103. The molecule has 1 aliphatic heterocycles. The zero-order valence-corrected chi connectivity index (χ0v) is 19.0. The molecule has 1 aliphatic rings. The molecule has 178 valence electrons. The Kier molecular flexibility index (Phi) is 8.04. The standard InChI is InChI=1S/C23H24F3NO5S/c1-15-4-3-5-19(16(15)2)31-18-8-6-17(7-9-18)20-14-27(12-13-33(20)30)11-10-21(28)32-22(29)23(24,25)26/h3-9,20H,10-14H2,1-2H3. The van der Waals surface area contributed by atoms with Crippen molar-refractivity contribution in [3.63, 3.8) is 0 Å². The predicted molar refractivity (Wildman–Crippen MR) is 116 cm³/mol. The van der Waals surface area contributed by atoms with E-state index in [2.05, 4.69) is 4.74 Å². The number of hydrogen-bond acceptors (Lipinski definition) is 6. The summed E-state index contributed by atoms with van der Waals surface area (Å²) in [4.78, 5) is 24.1. The molecule has 2 atom stereocenters. The van der Waals surface area contributed by atoms with Gasteiger partial charge in [-0.3, -0.25) is 9.69 Å². The summed E-state index contributed by atoms with van der Waals surface area (Å²) in [5, 5.41) is -0.318. The summed E-state index contributed by atoms with van der Waals surface area (Å²) in [6.07, 6.45) is -5.58. The summed E-state index contributed by atoms with van der Waals surface area (Å²) in [5.41, 5.74) is 3.00. The van der Waals surface area contributed by atoms with Gasteiger partial charge in [0.05, 0.1) is 13.0 Å². The molecule has 2 aromatic rings. The number of ether oxygens (including phenoxy) is 2. The monoisotopic (exact) mass is 483 g/mol. The SMILES string of the molecule is Cc1cccc(Oc2ccc(C3CN(CCC(=O)OC(=O)C(F)(F)F)CC[S+]3[O-])cc2)c1C. The molecule has 0 amide bonds. The van der Waals surface area contributed by atoms with Crippen LogP contribution in [0.2, 0.25) is 0 Å². The van der Waals surface area contributed by atoms with E-state index < -0.39 is 29.3 Å². The molecule has 0 aliphatic carbocycles. The van der Waals surface area contributed by atoms with E-state index in [-0.39, 0.29) is 18.2 Å². The second-order valence-electron chi connectivity index (χ2n) is 7.75. The van der Waals surface area contributed by atoms with Crippen LogP contribution in [0.5, 0.6) is 11.5 Å². The Labute approximate surface area is 192 Å². The molecule has 6 nitrogen and oxygen atoms in total. The summed E-state index contributed by atoms with van der Waals surface area (Å²) in [6.45, 7) is 4.88. The Hall–Kier alpha value is -2.56. The number of nitrogens with zero attached hydrogens (tertiary/aromatic N) is 1. The van der Waals surface area contributed by atoms with Gasteiger partial charge in [0.1, 0.15) is 17.3 Å². The van der Waals surface area contributed by atoms with Crippen LogP contribution in [0.3, 0.4) is 0 Å². The predicted octanol–water partition coefficient (Wildman–Crippen LogP) is 4.22. The van der Waals surface area contributed by atoms with E-state index in [9.17, 15) is 27.3 Å². The highest BCUT2D eigenvalue weighted by molar-refractivity contribution is 7.91. The minimum atomic E-state index is -5.21. The van der Waals surface area contributed by atoms with Crippen molar-refractivity contribution in [3.8, 4) is 11.5 Å². The lowest BCUT2D eigenvalue weighted by Crippen LogP contribution is -2.43. The molecule has 0 aromatic heterocycles. The first-order chi connectivity index (χ1) is 15.5. The smallest absolute Gasteiger partial charge is 0.491 e. The molecule has 1 fully saturated rings. The maximum Gasteiger partial charge on any atom is 0.491 e. The van der Waals surface area contributed by atoms with E-state index >= 15 is 0 Å². The first-order valence-electron chi connectivity index (χ1n) is 10.3. The van der Waals surface area contributed by atoms with Crippen LogP contribution in [0.25, 0.3) is 0 Å². The number of carbonyl (C=O) groups excluding carboxylic acids is 2. The molecule has 3 rings (SSSR count). The molecule has 0 N–H and O–H groups in total. The fourth-order valence-electron chi connectivity index (χ4n) is 3.40. The van der Waals surface area contributed by atoms with Crippen molar-refractivity contribution >= 4 is 23.1 Å². The highest BCUT2D eigenvalue weighted by Crippen LogP contribution is 2.32. The topological polar surface area (TPSA) is 78.9 Å². The molecular weight excluding hydrogens is 459 g/mol. The van der Waals surface area contributed by atoms with Crippen LogP contribution >= 0.6 is 0 Å². The van der Waals surface area contributed by atoms with Crippen molar-refractivity contribution in [2.24, 2.45) is 0 Å². The van der Waals surface area contributed by atoms with E-state index in [1.807, 2.05) is 49.1 Å². The van der Waals surface area contributed by atoms with Crippen LogP contribution < -0.4 is 4.74 Å². The van der Waals surface area contributed by atoms with Crippen LogP contribution in [0, 0.1) is 13.8 Å². The van der Waals surface area contributed by atoms with Crippen molar-refractivity contribution < 1.29 is 36.8 Å². The average Bonchev–Trinajstić information content (AvgIpc) is 2.76. The summed E-state index contributed by atoms with van der Waals surface area (Å²) >= 11 is -1.14. The van der Waals surface area contributed by atoms with Crippen molar-refractivity contribution in [1.29, 1.82) is 0 Å². The summed E-state index contributed by atoms with van der Waals surface area (Å²) in [5.74, 6) is -2.00. The van der Waals surface area contributed by atoms with Crippen molar-refractivity contribution in [3.05, 3.63) is 59.2 Å². The number of benzene rings is 2. The number of aryl methyl sites for hydroxylation is 1. The van der Waals surface area contributed by atoms with Crippen LogP contribution in [-0.2, 0) is 25.5 Å². The van der Waals surface area contributed by atoms with E-state index in [4.69, 9.17) is 4.74 Å². The Morgan fingerprint density at radius 3 is 2.52 bits per heavy atom. The fraction of sp³-hybridized carbons (Fsp3) is 0.391. The molecule has 0 bridgehead atoms. The number of hydrogen-bond donors (Lipinski definition) is 0. The van der Waals surface area contributed by atoms with Gasteiger partial charge in [-0.05, 0) is 54.3 Å². The van der Waals surface area contributed by atoms with Gasteiger partial charge in [0, 0.05) is 18.7 Å². The van der Waals surface area contributed by atoms with Crippen LogP contribution in [0.4, 0.5) is 13.2 Å². The summed E-state index contributed by atoms with van der Waals surface area (Å²) < 4.78 is 58.9. The molecule has 33 heavy (non-hydrogen) atoms. The van der Waals surface area contributed by atoms with Crippen LogP contribution in [0.1, 0.15) is 28.4 Å². The number of rotatable bonds is 6. The highest BCUT2D eigenvalue weighted by atomic mass is 32.2. The van der Waals surface area contributed by atoms with Crippen molar-refractivity contribution in [2.45, 2.75) is 31.7 Å². The maximum atomic E-state index is 12.6. The number of alkyl halides is 3. The number of esters is 2. The molecule has 1 heterocycles. The van der Waals surface area contributed by atoms with Gasteiger partial charge in [0.2, 0.25) is 0 Å². The lowest BCUT2D eigenvalue weighted by atomic mass is 10.1. The zero-order chi connectivity index (χ0) is 24.2. The Morgan fingerprint density at radius 2 is 1.85 bits per heavy atom. The van der Waals surface area contributed by atoms with Crippen molar-refractivity contribution in [1.82, 2.24) is 4.90 Å². The highest BCUT2D eigenvalue weighted by Gasteiger charge is 2.42. The minimum Gasteiger partial charge on any atom is -0.616 e. The van der Waals surface area contributed by atoms with Gasteiger partial charge >= 0.3 is 18.1 Å². The van der Waals surface area contributed by atoms with Crippen LogP contribution in [-0.4, -0.2) is 53.0 Å². The molecule has 0 radical (unpaired) electrons. The largest absolute Gasteiger partial charge is 0.616 e. The van der Waals surface area contributed by atoms with Crippen molar-refractivity contribution in [2.75, 3.05) is 25.4 Å². The first-order valence-corrected chi connectivity index (χ1v) is 11.7. The van der Waals surface area contributed by atoms with E-state index in [1.165, 1.54) is 0 Å². The fourth-order valence-corrected chi connectivity index (χ4v) is 4.96. The molecule has 1 saturated heterocycles. The van der Waals surface area contributed by atoms with E-state index in [0.717, 1.165) is 22.4 Å². The van der Waals surface area contributed by atoms with Gasteiger partial charge in [0.15, 0.2) is 5.25 Å². The van der Waals surface area contributed by atoms with Gasteiger partial charge in [-0.1, -0.05) is 24.3 Å². The van der Waals surface area contributed by atoms with Gasteiger partial charge in [-0.25, -0.2) is 4.79 Å². The molecule has 0 saturated carbocycles. The third-order valence-corrected chi connectivity index (χ3v) is 7.10.